The van der Waals surface area contributed by atoms with Gasteiger partial charge in [-0.15, -0.1) is 0 Å². The van der Waals surface area contributed by atoms with Crippen molar-refractivity contribution in [3.63, 3.8) is 0 Å². The van der Waals surface area contributed by atoms with Crippen LogP contribution in [0.1, 0.15) is 19.3 Å². The van der Waals surface area contributed by atoms with Gasteiger partial charge in [-0.25, -0.2) is 4.79 Å². The lowest BCUT2D eigenvalue weighted by molar-refractivity contribution is -0.103. The Bertz CT molecular complexity index is 107. The van der Waals surface area contributed by atoms with E-state index < -0.39 is 6.16 Å². The van der Waals surface area contributed by atoms with E-state index in [4.69, 9.17) is 20.2 Å². The van der Waals surface area contributed by atoms with Crippen LogP contribution in [0.4, 0.5) is 4.79 Å². The largest absolute Gasteiger partial charge is 0.503 e. The molecule has 1 aliphatic heterocycles. The van der Waals surface area contributed by atoms with E-state index in [1.165, 1.54) is 11.5 Å². The van der Waals surface area contributed by atoms with Crippen LogP contribution in [0, 0.1) is 0 Å². The van der Waals surface area contributed by atoms with Crippen LogP contribution in [0.3, 0.4) is 0 Å². The van der Waals surface area contributed by atoms with Crippen molar-refractivity contribution >= 4 is 6.16 Å². The lowest BCUT2D eigenvalue weighted by Crippen LogP contribution is -2.25. The van der Waals surface area contributed by atoms with Crippen LogP contribution in [0.5, 0.6) is 0 Å². The second-order valence-corrected chi connectivity index (χ2v) is 2.30. The third kappa shape index (κ3) is 9.19. The molecule has 1 rings (SSSR count). The van der Waals surface area contributed by atoms with Gasteiger partial charge in [-0.2, -0.15) is 5.06 Å². The van der Waals surface area contributed by atoms with Crippen molar-refractivity contribution in [3.8, 4) is 0 Å². The van der Waals surface area contributed by atoms with Crippen molar-refractivity contribution in [1.82, 2.24) is 5.06 Å². The molecule has 0 aromatic heterocycles. The summed E-state index contributed by atoms with van der Waals surface area (Å²) in [7, 11) is 0. The van der Waals surface area contributed by atoms with Crippen LogP contribution in [0.15, 0.2) is 0 Å². The predicted molar refractivity (Wildman–Crippen MR) is 37.9 cm³/mol. The zero-order valence-electron chi connectivity index (χ0n) is 6.23. The van der Waals surface area contributed by atoms with Crippen LogP contribution in [-0.4, -0.2) is 39.7 Å². The lowest BCUT2D eigenvalue weighted by Gasteiger charge is -2.18. The van der Waals surface area contributed by atoms with Gasteiger partial charge in [0.2, 0.25) is 0 Å². The fourth-order valence-electron chi connectivity index (χ4n) is 0.877. The molecule has 0 bridgehead atoms. The molecule has 11 heavy (non-hydrogen) atoms. The minimum absolute atomic E-state index is 0.875. The number of carboxylic acid groups (broad SMARTS) is 2. The fraction of sp³-hybridized carbons (Fsp3) is 0.833. The summed E-state index contributed by atoms with van der Waals surface area (Å²) in [6.07, 6.45) is 1.78. The fourth-order valence-corrected chi connectivity index (χ4v) is 0.877. The minimum Gasteiger partial charge on any atom is -0.450 e. The summed E-state index contributed by atoms with van der Waals surface area (Å²) >= 11 is 0. The number of hydrogen-bond donors (Lipinski definition) is 3. The van der Waals surface area contributed by atoms with E-state index in [0.717, 1.165) is 25.9 Å². The monoisotopic (exact) mass is 163 g/mol. The maximum Gasteiger partial charge on any atom is 0.503 e. The number of rotatable bonds is 0. The van der Waals surface area contributed by atoms with E-state index in [2.05, 4.69) is 0 Å². The van der Waals surface area contributed by atoms with Crippen molar-refractivity contribution in [2.45, 2.75) is 19.3 Å². The Balaban J connectivity index is 0.000000218. The smallest absolute Gasteiger partial charge is 0.450 e. The van der Waals surface area contributed by atoms with Gasteiger partial charge in [0.15, 0.2) is 0 Å². The number of carbonyl (C=O) groups is 1. The highest BCUT2D eigenvalue weighted by Crippen LogP contribution is 2.04. The van der Waals surface area contributed by atoms with Gasteiger partial charge >= 0.3 is 6.16 Å². The summed E-state index contributed by atoms with van der Waals surface area (Å²) in [4.78, 5) is 8.56. The molecule has 1 heterocycles. The molecule has 66 valence electrons. The molecule has 1 aliphatic rings. The summed E-state index contributed by atoms with van der Waals surface area (Å²) in [6.45, 7) is 1.75. The second kappa shape index (κ2) is 5.94. The maximum atomic E-state index is 8.74. The number of hydrogen-bond acceptors (Lipinski definition) is 3. The molecule has 5 heteroatoms. The maximum absolute atomic E-state index is 8.74. The summed E-state index contributed by atoms with van der Waals surface area (Å²) in [5.74, 6) is 0. The standard InChI is InChI=1S/C5H11NO.CH2O3/c7-6-4-2-1-3-5-6;2-1(3)4/h7H,1-5H2;(H2,2,3,4). The Kier molecular flexibility index (Phi) is 5.50. The van der Waals surface area contributed by atoms with Gasteiger partial charge in [0.1, 0.15) is 0 Å². The van der Waals surface area contributed by atoms with Crippen molar-refractivity contribution in [2.24, 2.45) is 0 Å². The molecular formula is C6H13NO4. The van der Waals surface area contributed by atoms with Gasteiger partial charge in [0.05, 0.1) is 0 Å². The molecule has 0 aromatic carbocycles. The molecular weight excluding hydrogens is 150 g/mol. The first-order chi connectivity index (χ1) is 5.13. The molecule has 5 nitrogen and oxygen atoms in total. The Morgan fingerprint density at radius 1 is 1.09 bits per heavy atom. The lowest BCUT2D eigenvalue weighted by atomic mass is 10.2. The van der Waals surface area contributed by atoms with Crippen molar-refractivity contribution in [3.05, 3.63) is 0 Å². The number of hydroxylamine groups is 2. The summed E-state index contributed by atoms with van der Waals surface area (Å²) in [5, 5.41) is 24.1. The first-order valence-corrected chi connectivity index (χ1v) is 3.48. The number of nitrogens with zero attached hydrogens (tertiary/aromatic N) is 1. The highest BCUT2D eigenvalue weighted by molar-refractivity contribution is 5.53. The summed E-state index contributed by atoms with van der Waals surface area (Å²) in [6, 6.07) is 0. The van der Waals surface area contributed by atoms with E-state index in [9.17, 15) is 0 Å². The molecule has 0 aromatic rings. The highest BCUT2D eigenvalue weighted by Gasteiger charge is 2.04. The van der Waals surface area contributed by atoms with E-state index in [-0.39, 0.29) is 0 Å². The Morgan fingerprint density at radius 2 is 1.45 bits per heavy atom. The van der Waals surface area contributed by atoms with E-state index >= 15 is 0 Å². The second-order valence-electron chi connectivity index (χ2n) is 2.30. The van der Waals surface area contributed by atoms with Gasteiger partial charge < -0.3 is 15.4 Å². The molecule has 0 unspecified atom stereocenters. The van der Waals surface area contributed by atoms with Gasteiger partial charge in [-0.05, 0) is 12.8 Å². The highest BCUT2D eigenvalue weighted by atomic mass is 16.6. The van der Waals surface area contributed by atoms with Gasteiger partial charge in [0.25, 0.3) is 0 Å². The van der Waals surface area contributed by atoms with Crippen LogP contribution < -0.4 is 0 Å². The molecule has 0 spiro atoms. The van der Waals surface area contributed by atoms with Crippen molar-refractivity contribution in [1.29, 1.82) is 0 Å². The Morgan fingerprint density at radius 3 is 1.64 bits per heavy atom. The van der Waals surface area contributed by atoms with Crippen LogP contribution in [-0.2, 0) is 0 Å². The van der Waals surface area contributed by atoms with Crippen LogP contribution >= 0.6 is 0 Å². The van der Waals surface area contributed by atoms with E-state index in [1.807, 2.05) is 0 Å². The van der Waals surface area contributed by atoms with Crippen LogP contribution in [0.2, 0.25) is 0 Å². The average molecular weight is 163 g/mol. The minimum atomic E-state index is -1.83. The summed E-state index contributed by atoms with van der Waals surface area (Å²) in [5.41, 5.74) is 0. The van der Waals surface area contributed by atoms with E-state index in [1.54, 1.807) is 0 Å². The molecule has 1 fully saturated rings. The predicted octanol–water partition coefficient (Wildman–Crippen LogP) is 1.08. The number of piperidine rings is 1. The topological polar surface area (TPSA) is 81.0 Å². The van der Waals surface area contributed by atoms with Crippen molar-refractivity contribution < 1.29 is 20.2 Å². The Hall–Kier alpha value is -0.810. The van der Waals surface area contributed by atoms with Crippen molar-refractivity contribution in [2.75, 3.05) is 13.1 Å². The zero-order valence-corrected chi connectivity index (χ0v) is 6.23. The Labute approximate surface area is 64.8 Å². The molecule has 0 saturated carbocycles. The third-order valence-electron chi connectivity index (χ3n) is 1.33. The molecule has 1 saturated heterocycles. The van der Waals surface area contributed by atoms with Gasteiger partial charge in [-0.3, -0.25) is 0 Å². The van der Waals surface area contributed by atoms with E-state index in [0.29, 0.717) is 0 Å². The quantitative estimate of drug-likeness (QED) is 0.498. The van der Waals surface area contributed by atoms with Crippen LogP contribution in [0.25, 0.3) is 0 Å². The first-order valence-electron chi connectivity index (χ1n) is 3.48. The first kappa shape index (κ1) is 10.2. The average Bonchev–Trinajstić information content (AvgIpc) is 1.87. The molecule has 0 radical (unpaired) electrons. The molecule has 0 atom stereocenters. The molecule has 0 amide bonds. The SMILES string of the molecule is O=C(O)O.ON1CCCCC1. The normalized spacial score (nSPS) is 18.3. The molecule has 0 aliphatic carbocycles. The zero-order chi connectivity index (χ0) is 8.69. The van der Waals surface area contributed by atoms with Gasteiger partial charge in [0, 0.05) is 13.1 Å². The third-order valence-corrected chi connectivity index (χ3v) is 1.33. The summed E-state index contributed by atoms with van der Waals surface area (Å²) < 4.78 is 0. The van der Waals surface area contributed by atoms with Gasteiger partial charge in [-0.1, -0.05) is 6.42 Å². The molecule has 3 N–H and O–H groups in total.